The van der Waals surface area contributed by atoms with Crippen LogP contribution >= 0.6 is 70.6 Å². The lowest BCUT2D eigenvalue weighted by molar-refractivity contribution is 0.475. The van der Waals surface area contributed by atoms with Gasteiger partial charge in [0.25, 0.3) is 0 Å². The largest absolute Gasteiger partial charge is 0.197 e. The van der Waals surface area contributed by atoms with E-state index in [4.69, 9.17) is 0 Å². The molecule has 1 aliphatic carbocycles. The summed E-state index contributed by atoms with van der Waals surface area (Å²) in [5.41, 5.74) is 1.37. The number of fused-ring (bicyclic) bond motifs is 5. The molecule has 202 valence electrons. The van der Waals surface area contributed by atoms with Gasteiger partial charge in [0, 0.05) is 42.0 Å². The van der Waals surface area contributed by atoms with Crippen molar-refractivity contribution in [1.29, 1.82) is 31.6 Å². The Kier molecular flexibility index (Phi) is 7.46. The molecule has 0 amide bonds. The second-order valence-electron chi connectivity index (χ2n) is 11.6. The van der Waals surface area contributed by atoms with Crippen LogP contribution in [0.25, 0.3) is 0 Å². The lowest BCUT2D eigenvalue weighted by atomic mass is 9.84. The Labute approximate surface area is 260 Å². The lowest BCUT2D eigenvalue weighted by Gasteiger charge is -2.25. The number of hydrogen-bond acceptors (Lipinski definition) is 12. The fraction of sp³-hybridized carbons (Fsp3) is 0.714. The van der Waals surface area contributed by atoms with Crippen molar-refractivity contribution in [3.05, 3.63) is 11.1 Å². The van der Waals surface area contributed by atoms with Crippen molar-refractivity contribution in [3.63, 3.8) is 0 Å². The first kappa shape index (κ1) is 27.6. The van der Waals surface area contributed by atoms with Crippen LogP contribution in [0.1, 0.15) is 25.7 Å². The second kappa shape index (κ2) is 10.8. The van der Waals surface area contributed by atoms with Crippen LogP contribution in [0.2, 0.25) is 0 Å². The molecule has 7 fully saturated rings. The molecule has 0 radical (unpaired) electrons. The van der Waals surface area contributed by atoms with E-state index in [1.165, 1.54) is 0 Å². The molecule has 6 aliphatic heterocycles. The molecule has 12 heteroatoms. The van der Waals surface area contributed by atoms with Gasteiger partial charge in [-0.25, -0.2) is 0 Å². The van der Waals surface area contributed by atoms with Gasteiger partial charge in [0.15, 0.2) is 0 Å². The molecule has 16 unspecified atom stereocenters. The average molecular weight is 637 g/mol. The summed E-state index contributed by atoms with van der Waals surface area (Å²) in [5.74, 6) is 1.06. The van der Waals surface area contributed by atoms with E-state index in [1.807, 2.05) is 23.5 Å². The van der Waals surface area contributed by atoms with E-state index in [1.54, 1.807) is 47.0 Å². The highest BCUT2D eigenvalue weighted by atomic mass is 32.2. The van der Waals surface area contributed by atoms with Gasteiger partial charge in [0.05, 0.1) is 40.0 Å². The fourth-order valence-corrected chi connectivity index (χ4v) is 20.4. The summed E-state index contributed by atoms with van der Waals surface area (Å²) in [6, 6.07) is 14.4. The Morgan fingerprint density at radius 2 is 1.05 bits per heavy atom. The highest BCUT2D eigenvalue weighted by molar-refractivity contribution is 8.09. The minimum atomic E-state index is -0.0808. The van der Waals surface area contributed by atoms with E-state index in [0.29, 0.717) is 48.2 Å². The zero-order valence-corrected chi connectivity index (χ0v) is 26.1. The summed E-state index contributed by atoms with van der Waals surface area (Å²) in [6.45, 7) is 0. The lowest BCUT2D eigenvalue weighted by Crippen LogP contribution is -2.28. The summed E-state index contributed by atoms with van der Waals surface area (Å²) in [4.78, 5) is 0. The van der Waals surface area contributed by atoms with Crippen molar-refractivity contribution in [3.8, 4) is 36.4 Å². The van der Waals surface area contributed by atoms with Crippen LogP contribution in [0, 0.1) is 91.7 Å². The van der Waals surface area contributed by atoms with Crippen LogP contribution in [0.3, 0.4) is 0 Å². The van der Waals surface area contributed by atoms with Crippen LogP contribution in [0.15, 0.2) is 11.1 Å². The third-order valence-electron chi connectivity index (χ3n) is 9.84. The number of allylic oxidation sites excluding steroid dienone is 2. The van der Waals surface area contributed by atoms with E-state index in [9.17, 15) is 31.6 Å². The first-order chi connectivity index (χ1) is 19.5. The highest BCUT2D eigenvalue weighted by Crippen LogP contribution is 2.68. The zero-order chi connectivity index (χ0) is 27.7. The number of hydrogen-bond donors (Lipinski definition) is 0. The number of nitriles is 6. The molecule has 40 heavy (non-hydrogen) atoms. The maximum absolute atomic E-state index is 9.98. The van der Waals surface area contributed by atoms with Gasteiger partial charge in [-0.2, -0.15) is 55.1 Å². The standard InChI is InChI=1S/C28H24N6S6/c29-5-11(6-30)22-15-3-18(23-17-2-13(8-32)35-24(17)21(10-34)40-23)37-26(15)27-16(22)4-19(38-27)28-25-14(20(9-33)39-28)1-12(7-31)36-25/h12-21,23-28H,1-4H2. The Morgan fingerprint density at radius 3 is 1.62 bits per heavy atom. The van der Waals surface area contributed by atoms with Crippen molar-refractivity contribution >= 4 is 70.6 Å². The molecule has 0 aromatic rings. The molecule has 0 bridgehead atoms. The van der Waals surface area contributed by atoms with Gasteiger partial charge in [-0.3, -0.25) is 0 Å². The summed E-state index contributed by atoms with van der Waals surface area (Å²) in [7, 11) is 0. The Balaban J connectivity index is 1.15. The van der Waals surface area contributed by atoms with E-state index < -0.39 is 0 Å². The predicted molar refractivity (Wildman–Crippen MR) is 164 cm³/mol. The van der Waals surface area contributed by atoms with Crippen molar-refractivity contribution in [2.45, 2.75) is 88.7 Å². The van der Waals surface area contributed by atoms with Crippen molar-refractivity contribution < 1.29 is 0 Å². The van der Waals surface area contributed by atoms with Crippen LogP contribution in [0.4, 0.5) is 0 Å². The summed E-state index contributed by atoms with van der Waals surface area (Å²) in [6.07, 6.45) is 3.53. The third kappa shape index (κ3) is 4.13. The van der Waals surface area contributed by atoms with E-state index in [2.05, 4.69) is 36.4 Å². The number of thioether (sulfide) groups is 6. The van der Waals surface area contributed by atoms with Crippen LogP contribution in [-0.4, -0.2) is 63.0 Å². The van der Waals surface area contributed by atoms with Crippen LogP contribution in [-0.2, 0) is 0 Å². The quantitative estimate of drug-likeness (QED) is 0.360. The minimum absolute atomic E-state index is 0.0331. The maximum atomic E-state index is 9.98. The number of rotatable bonds is 2. The normalized spacial score (nSPS) is 51.3. The van der Waals surface area contributed by atoms with Crippen molar-refractivity contribution in [1.82, 2.24) is 0 Å². The molecular weight excluding hydrogens is 613 g/mol. The first-order valence-corrected chi connectivity index (χ1v) is 19.2. The highest BCUT2D eigenvalue weighted by Gasteiger charge is 2.63. The molecular formula is C28H24N6S6. The van der Waals surface area contributed by atoms with E-state index >= 15 is 0 Å². The zero-order valence-electron chi connectivity index (χ0n) is 21.2. The molecule has 6 nitrogen and oxygen atoms in total. The van der Waals surface area contributed by atoms with Gasteiger partial charge in [-0.05, 0) is 54.9 Å². The molecule has 6 heterocycles. The van der Waals surface area contributed by atoms with Crippen molar-refractivity contribution in [2.24, 2.45) is 23.7 Å². The van der Waals surface area contributed by atoms with Gasteiger partial charge in [0.1, 0.15) is 23.0 Å². The maximum Gasteiger partial charge on any atom is 0.129 e. The van der Waals surface area contributed by atoms with Crippen LogP contribution in [0.5, 0.6) is 0 Å². The molecule has 0 N–H and O–H groups in total. The SMILES string of the molecule is N#CC(C#N)=C1C2CC(C3SC(C#N)C4SC(C#N)CC43)SC2C2SC(C3SC(C#N)C4CC(C#N)SC43)CC12. The molecule has 7 aliphatic rings. The van der Waals surface area contributed by atoms with Crippen LogP contribution < -0.4 is 0 Å². The van der Waals surface area contributed by atoms with Gasteiger partial charge in [-0.15, -0.1) is 47.0 Å². The molecule has 0 aromatic heterocycles. The molecule has 0 spiro atoms. The smallest absolute Gasteiger partial charge is 0.129 e. The van der Waals surface area contributed by atoms with Gasteiger partial charge < -0.3 is 0 Å². The second-order valence-corrected chi connectivity index (χ2v) is 19.8. The van der Waals surface area contributed by atoms with Crippen molar-refractivity contribution in [2.75, 3.05) is 0 Å². The molecule has 1 saturated carbocycles. The predicted octanol–water partition coefficient (Wildman–Crippen LogP) is 5.37. The molecule has 0 aromatic carbocycles. The fourth-order valence-electron chi connectivity index (χ4n) is 8.36. The van der Waals surface area contributed by atoms with Gasteiger partial charge in [-0.1, -0.05) is 0 Å². The van der Waals surface area contributed by atoms with Gasteiger partial charge >= 0.3 is 0 Å². The monoisotopic (exact) mass is 636 g/mol. The average Bonchev–Trinajstić information content (AvgIpc) is 3.80. The molecule has 7 rings (SSSR count). The van der Waals surface area contributed by atoms with Gasteiger partial charge in [0.2, 0.25) is 0 Å². The van der Waals surface area contributed by atoms with E-state index in [-0.39, 0.29) is 44.0 Å². The molecule has 16 atom stereocenters. The Hall–Kier alpha value is -1.22. The minimum Gasteiger partial charge on any atom is -0.197 e. The van der Waals surface area contributed by atoms with E-state index in [0.717, 1.165) is 31.3 Å². The third-order valence-corrected chi connectivity index (χ3v) is 20.8. The summed E-state index contributed by atoms with van der Waals surface area (Å²) >= 11 is 11.1. The summed E-state index contributed by atoms with van der Waals surface area (Å²) < 4.78 is 0. The molecule has 6 saturated heterocycles. The topological polar surface area (TPSA) is 143 Å². The number of nitrogens with zero attached hydrogens (tertiary/aromatic N) is 6. The Morgan fingerprint density at radius 1 is 0.500 bits per heavy atom. The Bertz CT molecular complexity index is 1290. The first-order valence-electron chi connectivity index (χ1n) is 13.6. The summed E-state index contributed by atoms with van der Waals surface area (Å²) in [5, 5.41) is 61.2.